The van der Waals surface area contributed by atoms with Crippen LogP contribution in [0.15, 0.2) is 24.7 Å². The Hall–Kier alpha value is -2.19. The lowest BCUT2D eigenvalue weighted by molar-refractivity contribution is 0.0899. The van der Waals surface area contributed by atoms with Crippen molar-refractivity contribution in [3.05, 3.63) is 35.9 Å². The molecule has 134 valence electrons. The fraction of sp³-hybridized carbons (Fsp3) is 0.588. The van der Waals surface area contributed by atoms with E-state index in [2.05, 4.69) is 26.6 Å². The van der Waals surface area contributed by atoms with Crippen LogP contribution in [-0.4, -0.2) is 62.7 Å². The molecule has 2 aromatic heterocycles. The number of amides is 1. The number of nitrogens with zero attached hydrogens (tertiary/aromatic N) is 5. The lowest BCUT2D eigenvalue weighted by Crippen LogP contribution is -2.35. The molecule has 8 heteroatoms. The van der Waals surface area contributed by atoms with Crippen molar-refractivity contribution in [2.24, 2.45) is 25.9 Å². The zero-order chi connectivity index (χ0) is 17.4. The van der Waals surface area contributed by atoms with Crippen molar-refractivity contribution < 1.29 is 9.53 Å². The van der Waals surface area contributed by atoms with Crippen LogP contribution in [0.4, 0.5) is 0 Å². The van der Waals surface area contributed by atoms with Gasteiger partial charge in [-0.25, -0.2) is 0 Å². The number of ether oxygens (including phenoxy) is 1. The minimum absolute atomic E-state index is 0.0753. The number of carbonyl (C=O) groups excluding carboxylic acids is 1. The van der Waals surface area contributed by atoms with Crippen LogP contribution in [0.1, 0.15) is 16.1 Å². The average Bonchev–Trinajstić information content (AvgIpc) is 3.32. The van der Waals surface area contributed by atoms with Gasteiger partial charge < -0.3 is 10.1 Å². The minimum atomic E-state index is -0.0753. The smallest absolute Gasteiger partial charge is 0.269 e. The van der Waals surface area contributed by atoms with Crippen molar-refractivity contribution in [3.8, 4) is 0 Å². The molecule has 0 aliphatic carbocycles. The van der Waals surface area contributed by atoms with Crippen LogP contribution in [0.3, 0.4) is 0 Å². The molecule has 0 unspecified atom stereocenters. The third-order valence-electron chi connectivity index (χ3n) is 5.26. The van der Waals surface area contributed by atoms with E-state index in [1.807, 2.05) is 17.9 Å². The number of rotatable bonds is 5. The van der Waals surface area contributed by atoms with Crippen molar-refractivity contribution in [1.29, 1.82) is 0 Å². The summed E-state index contributed by atoms with van der Waals surface area (Å²) in [7, 11) is 3.71. The molecule has 2 aromatic rings. The third kappa shape index (κ3) is 3.32. The molecule has 2 aliphatic heterocycles. The van der Waals surface area contributed by atoms with Gasteiger partial charge in [-0.3, -0.25) is 19.1 Å². The molecule has 2 aliphatic rings. The van der Waals surface area contributed by atoms with Gasteiger partial charge in [0.2, 0.25) is 0 Å². The number of fused-ring (bicyclic) bond motifs is 1. The van der Waals surface area contributed by atoms with Gasteiger partial charge in [0.15, 0.2) is 0 Å². The van der Waals surface area contributed by atoms with E-state index in [0.717, 1.165) is 26.2 Å². The van der Waals surface area contributed by atoms with Crippen LogP contribution in [0.25, 0.3) is 0 Å². The number of nitrogens with one attached hydrogen (secondary N) is 1. The first kappa shape index (κ1) is 16.3. The van der Waals surface area contributed by atoms with Crippen molar-refractivity contribution >= 4 is 5.91 Å². The summed E-state index contributed by atoms with van der Waals surface area (Å²) in [5.74, 6) is 0.762. The number of aromatic nitrogens is 4. The Balaban J connectivity index is 1.31. The maximum absolute atomic E-state index is 12.3. The maximum atomic E-state index is 12.3. The summed E-state index contributed by atoms with van der Waals surface area (Å²) in [4.78, 5) is 14.7. The molecule has 0 spiro atoms. The predicted octanol–water partition coefficient (Wildman–Crippen LogP) is 0.0304. The summed E-state index contributed by atoms with van der Waals surface area (Å²) in [6, 6.07) is 1.73. The van der Waals surface area contributed by atoms with E-state index in [1.165, 1.54) is 5.56 Å². The lowest BCUT2D eigenvalue weighted by Gasteiger charge is -2.19. The van der Waals surface area contributed by atoms with E-state index in [0.29, 0.717) is 24.1 Å². The standard InChI is InChI=1S/C17H24N6O2/c1-21-7-12(5-20-21)8-23-9-14-13(11-25-16(14)10-23)6-18-17(24)15-3-4-19-22(15)2/h3-5,7,13-14,16H,6,8-11H2,1-2H3,(H,18,24)/t13-,14-,16-/m0/s1. The summed E-state index contributed by atoms with van der Waals surface area (Å²) >= 11 is 0. The SMILES string of the molecule is Cn1cc(CN2C[C@H]3[C@@H](CNC(=O)c4ccnn4C)CO[C@H]3C2)cn1. The average molecular weight is 344 g/mol. The van der Waals surface area contributed by atoms with Crippen LogP contribution in [0.5, 0.6) is 0 Å². The highest BCUT2D eigenvalue weighted by molar-refractivity contribution is 5.92. The van der Waals surface area contributed by atoms with Gasteiger partial charge in [-0.1, -0.05) is 0 Å². The van der Waals surface area contributed by atoms with Gasteiger partial charge in [-0.15, -0.1) is 0 Å². The molecule has 0 saturated carbocycles. The molecule has 0 bridgehead atoms. The largest absolute Gasteiger partial charge is 0.376 e. The van der Waals surface area contributed by atoms with Gasteiger partial charge in [0, 0.05) is 70.1 Å². The fourth-order valence-corrected chi connectivity index (χ4v) is 3.94. The Bertz CT molecular complexity index is 754. The highest BCUT2D eigenvalue weighted by atomic mass is 16.5. The van der Waals surface area contributed by atoms with Gasteiger partial charge in [0.05, 0.1) is 18.9 Å². The molecule has 2 fully saturated rings. The Labute approximate surface area is 146 Å². The van der Waals surface area contributed by atoms with Crippen LogP contribution in [-0.2, 0) is 25.4 Å². The van der Waals surface area contributed by atoms with E-state index in [4.69, 9.17) is 4.74 Å². The van der Waals surface area contributed by atoms with Crippen molar-refractivity contribution in [1.82, 2.24) is 29.8 Å². The second-order valence-corrected chi connectivity index (χ2v) is 7.06. The minimum Gasteiger partial charge on any atom is -0.376 e. The normalized spacial score (nSPS) is 26.1. The monoisotopic (exact) mass is 344 g/mol. The first-order valence-electron chi connectivity index (χ1n) is 8.68. The van der Waals surface area contributed by atoms with Crippen molar-refractivity contribution in [3.63, 3.8) is 0 Å². The summed E-state index contributed by atoms with van der Waals surface area (Å²) in [6.07, 6.45) is 5.88. The van der Waals surface area contributed by atoms with Crippen molar-refractivity contribution in [2.45, 2.75) is 12.6 Å². The van der Waals surface area contributed by atoms with Gasteiger partial charge in [-0.05, 0) is 6.07 Å². The Morgan fingerprint density at radius 2 is 2.24 bits per heavy atom. The highest BCUT2D eigenvalue weighted by Crippen LogP contribution is 2.34. The molecule has 1 N–H and O–H groups in total. The molecule has 0 aromatic carbocycles. The number of likely N-dealkylation sites (tertiary alicyclic amines) is 1. The van der Waals surface area contributed by atoms with Gasteiger partial charge in [0.25, 0.3) is 5.91 Å². The zero-order valence-corrected chi connectivity index (χ0v) is 14.6. The number of aryl methyl sites for hydroxylation is 2. The van der Waals surface area contributed by atoms with E-state index < -0.39 is 0 Å². The molecule has 4 heterocycles. The number of hydrogen-bond acceptors (Lipinski definition) is 5. The summed E-state index contributed by atoms with van der Waals surface area (Å²) in [6.45, 7) is 4.23. The molecule has 8 nitrogen and oxygen atoms in total. The highest BCUT2D eigenvalue weighted by Gasteiger charge is 2.43. The van der Waals surface area contributed by atoms with E-state index in [1.54, 1.807) is 24.0 Å². The maximum Gasteiger partial charge on any atom is 0.269 e. The van der Waals surface area contributed by atoms with Gasteiger partial charge in [-0.2, -0.15) is 10.2 Å². The fourth-order valence-electron chi connectivity index (χ4n) is 3.94. The van der Waals surface area contributed by atoms with E-state index in [-0.39, 0.29) is 12.0 Å². The summed E-state index contributed by atoms with van der Waals surface area (Å²) in [5.41, 5.74) is 1.81. The molecular weight excluding hydrogens is 320 g/mol. The van der Waals surface area contributed by atoms with Gasteiger partial charge in [0.1, 0.15) is 5.69 Å². The number of hydrogen-bond donors (Lipinski definition) is 1. The first-order chi connectivity index (χ1) is 12.1. The molecule has 4 rings (SSSR count). The molecule has 2 saturated heterocycles. The quantitative estimate of drug-likeness (QED) is 0.828. The Morgan fingerprint density at radius 3 is 2.96 bits per heavy atom. The van der Waals surface area contributed by atoms with Crippen LogP contribution >= 0.6 is 0 Å². The van der Waals surface area contributed by atoms with Crippen LogP contribution in [0.2, 0.25) is 0 Å². The Morgan fingerprint density at radius 1 is 1.36 bits per heavy atom. The number of carbonyl (C=O) groups is 1. The summed E-state index contributed by atoms with van der Waals surface area (Å²) < 4.78 is 9.40. The topological polar surface area (TPSA) is 77.2 Å². The van der Waals surface area contributed by atoms with Crippen LogP contribution in [0, 0.1) is 11.8 Å². The molecule has 1 amide bonds. The molecule has 0 radical (unpaired) electrons. The molecular formula is C17H24N6O2. The predicted molar refractivity (Wildman–Crippen MR) is 90.7 cm³/mol. The zero-order valence-electron chi connectivity index (χ0n) is 14.6. The lowest BCUT2D eigenvalue weighted by atomic mass is 9.93. The second-order valence-electron chi connectivity index (χ2n) is 7.06. The van der Waals surface area contributed by atoms with E-state index in [9.17, 15) is 4.79 Å². The molecule has 25 heavy (non-hydrogen) atoms. The van der Waals surface area contributed by atoms with Gasteiger partial charge >= 0.3 is 0 Å². The Kier molecular flexibility index (Phi) is 4.30. The third-order valence-corrected chi connectivity index (χ3v) is 5.26. The second kappa shape index (κ2) is 6.61. The van der Waals surface area contributed by atoms with Crippen LogP contribution < -0.4 is 5.32 Å². The van der Waals surface area contributed by atoms with Crippen molar-refractivity contribution in [2.75, 3.05) is 26.2 Å². The first-order valence-corrected chi connectivity index (χ1v) is 8.68. The molecule has 3 atom stereocenters. The summed E-state index contributed by atoms with van der Waals surface area (Å²) in [5, 5.41) is 11.3. The van der Waals surface area contributed by atoms with E-state index >= 15 is 0 Å².